The van der Waals surface area contributed by atoms with Gasteiger partial charge in [-0.05, 0) is 42.5 Å². The molecule has 0 spiro atoms. The van der Waals surface area contributed by atoms with Crippen LogP contribution < -0.4 is 14.4 Å². The number of ether oxygens (including phenoxy) is 1. The zero-order chi connectivity index (χ0) is 18.6. The van der Waals surface area contributed by atoms with Crippen molar-refractivity contribution in [1.82, 2.24) is 0 Å². The van der Waals surface area contributed by atoms with Gasteiger partial charge in [-0.1, -0.05) is 11.6 Å². The molecule has 9 heteroatoms. The minimum atomic E-state index is -3.74. The maximum absolute atomic E-state index is 12.9. The number of halogens is 2. The Bertz CT molecular complexity index is 872. The van der Waals surface area contributed by atoms with Crippen molar-refractivity contribution in [3.8, 4) is 5.75 Å². The van der Waals surface area contributed by atoms with Crippen LogP contribution in [0.3, 0.4) is 0 Å². The lowest BCUT2D eigenvalue weighted by molar-refractivity contribution is -0.114. The normalized spacial score (nSPS) is 11.0. The van der Waals surface area contributed by atoms with E-state index in [1.165, 1.54) is 49.6 Å². The quantitative estimate of drug-likeness (QED) is 0.828. The molecule has 0 aliphatic heterocycles. The molecule has 0 heterocycles. The molecule has 0 unspecified atom stereocenters. The highest BCUT2D eigenvalue weighted by atomic mass is 35.5. The fourth-order valence-corrected chi connectivity index (χ4v) is 3.17. The number of hydrogen-bond donors (Lipinski definition) is 1. The number of amides is 1. The van der Waals surface area contributed by atoms with Crippen molar-refractivity contribution in [1.29, 1.82) is 0 Å². The predicted molar refractivity (Wildman–Crippen MR) is 95.2 cm³/mol. The van der Waals surface area contributed by atoms with Crippen LogP contribution in [0.4, 0.5) is 15.8 Å². The van der Waals surface area contributed by atoms with Crippen LogP contribution in [0.15, 0.2) is 42.5 Å². The standard InChI is InChI=1S/C16H16ClFN2O4S/c1-24-15-8-7-13(9-14(15)17)20(25(2,22)23)10-16(21)19-12-5-3-11(18)4-6-12/h3-9H,10H2,1-2H3,(H,19,21). The third-order valence-electron chi connectivity index (χ3n) is 3.24. The van der Waals surface area contributed by atoms with Gasteiger partial charge in [-0.2, -0.15) is 0 Å². The fraction of sp³-hybridized carbons (Fsp3) is 0.188. The number of sulfonamides is 1. The van der Waals surface area contributed by atoms with E-state index >= 15 is 0 Å². The second kappa shape index (κ2) is 7.71. The van der Waals surface area contributed by atoms with E-state index in [1.54, 1.807) is 0 Å². The molecule has 0 aliphatic rings. The maximum Gasteiger partial charge on any atom is 0.245 e. The molecule has 2 aromatic carbocycles. The molecule has 0 fully saturated rings. The SMILES string of the molecule is COc1ccc(N(CC(=O)Nc2ccc(F)cc2)S(C)(=O)=O)cc1Cl. The lowest BCUT2D eigenvalue weighted by Crippen LogP contribution is -2.37. The highest BCUT2D eigenvalue weighted by Gasteiger charge is 2.22. The van der Waals surface area contributed by atoms with Gasteiger partial charge < -0.3 is 10.1 Å². The molecule has 1 N–H and O–H groups in total. The molecular formula is C16H16ClFN2O4S. The molecule has 2 rings (SSSR count). The van der Waals surface area contributed by atoms with Crippen molar-refractivity contribution >= 4 is 38.9 Å². The average molecular weight is 387 g/mol. The number of hydrogen-bond acceptors (Lipinski definition) is 4. The first-order valence-corrected chi connectivity index (χ1v) is 9.30. The molecule has 0 saturated heterocycles. The molecule has 1 amide bonds. The molecule has 0 aromatic heterocycles. The summed E-state index contributed by atoms with van der Waals surface area (Å²) in [6.45, 7) is -0.459. The Morgan fingerprint density at radius 2 is 1.88 bits per heavy atom. The number of nitrogens with zero attached hydrogens (tertiary/aromatic N) is 1. The zero-order valence-corrected chi connectivity index (χ0v) is 15.1. The summed E-state index contributed by atoms with van der Waals surface area (Å²) in [4.78, 5) is 12.2. The van der Waals surface area contributed by atoms with E-state index in [4.69, 9.17) is 16.3 Å². The largest absolute Gasteiger partial charge is 0.495 e. The lowest BCUT2D eigenvalue weighted by atomic mass is 10.3. The smallest absolute Gasteiger partial charge is 0.245 e. The molecule has 0 atom stereocenters. The van der Waals surface area contributed by atoms with Gasteiger partial charge in [0, 0.05) is 5.69 Å². The Kier molecular flexibility index (Phi) is 5.86. The molecule has 2 aromatic rings. The summed E-state index contributed by atoms with van der Waals surface area (Å²) >= 11 is 6.02. The van der Waals surface area contributed by atoms with Crippen LogP contribution >= 0.6 is 11.6 Å². The highest BCUT2D eigenvalue weighted by molar-refractivity contribution is 7.92. The number of carbonyl (C=O) groups is 1. The van der Waals surface area contributed by atoms with E-state index in [0.717, 1.165) is 10.6 Å². The molecule has 134 valence electrons. The summed E-state index contributed by atoms with van der Waals surface area (Å²) in [6, 6.07) is 9.52. The van der Waals surface area contributed by atoms with Crippen molar-refractivity contribution < 1.29 is 22.3 Å². The molecule has 0 bridgehead atoms. The van der Waals surface area contributed by atoms with Gasteiger partial charge in [0.25, 0.3) is 0 Å². The number of methoxy groups -OCH3 is 1. The van der Waals surface area contributed by atoms with Gasteiger partial charge in [-0.25, -0.2) is 12.8 Å². The summed E-state index contributed by atoms with van der Waals surface area (Å²) in [7, 11) is -2.30. The molecule has 0 aliphatic carbocycles. The van der Waals surface area contributed by atoms with Gasteiger partial charge in [-0.15, -0.1) is 0 Å². The Balaban J connectivity index is 2.22. The van der Waals surface area contributed by atoms with Gasteiger partial charge >= 0.3 is 0 Å². The third kappa shape index (κ3) is 5.07. The number of benzene rings is 2. The van der Waals surface area contributed by atoms with Crippen molar-refractivity contribution in [2.24, 2.45) is 0 Å². The average Bonchev–Trinajstić information content (AvgIpc) is 2.53. The van der Waals surface area contributed by atoms with Crippen LogP contribution in [0.2, 0.25) is 5.02 Å². The van der Waals surface area contributed by atoms with Gasteiger partial charge in [0.15, 0.2) is 0 Å². The molecule has 0 saturated carbocycles. The second-order valence-corrected chi connectivity index (χ2v) is 7.46. The van der Waals surface area contributed by atoms with Crippen molar-refractivity contribution in [2.75, 3.05) is 29.5 Å². The van der Waals surface area contributed by atoms with Crippen LogP contribution in [-0.4, -0.2) is 34.2 Å². The number of nitrogens with one attached hydrogen (secondary N) is 1. The Hall–Kier alpha value is -2.32. The van der Waals surface area contributed by atoms with Gasteiger partial charge in [0.1, 0.15) is 18.1 Å². The van der Waals surface area contributed by atoms with E-state index < -0.39 is 28.3 Å². The Morgan fingerprint density at radius 3 is 2.40 bits per heavy atom. The van der Waals surface area contributed by atoms with E-state index in [1.807, 2.05) is 0 Å². The number of rotatable bonds is 6. The summed E-state index contributed by atoms with van der Waals surface area (Å²) in [5.41, 5.74) is 0.579. The summed E-state index contributed by atoms with van der Waals surface area (Å²) in [5.74, 6) is -0.637. The molecular weight excluding hydrogens is 371 g/mol. The van der Waals surface area contributed by atoms with E-state index in [-0.39, 0.29) is 10.7 Å². The van der Waals surface area contributed by atoms with Crippen LogP contribution in [-0.2, 0) is 14.8 Å². The summed E-state index contributed by atoms with van der Waals surface area (Å²) < 4.78 is 42.9. The first-order chi connectivity index (χ1) is 11.7. The van der Waals surface area contributed by atoms with Crippen molar-refractivity contribution in [3.63, 3.8) is 0 Å². The first-order valence-electron chi connectivity index (χ1n) is 7.07. The van der Waals surface area contributed by atoms with E-state index in [0.29, 0.717) is 11.4 Å². The molecule has 6 nitrogen and oxygen atoms in total. The topological polar surface area (TPSA) is 75.7 Å². The van der Waals surface area contributed by atoms with E-state index in [2.05, 4.69) is 5.32 Å². The van der Waals surface area contributed by atoms with Crippen LogP contribution in [0.1, 0.15) is 0 Å². The third-order valence-corrected chi connectivity index (χ3v) is 4.67. The number of anilines is 2. The molecule has 0 radical (unpaired) electrons. The predicted octanol–water partition coefficient (Wildman–Crippen LogP) is 2.89. The zero-order valence-electron chi connectivity index (χ0n) is 13.5. The monoisotopic (exact) mass is 386 g/mol. The summed E-state index contributed by atoms with van der Waals surface area (Å²) in [6.07, 6.45) is 0.982. The van der Waals surface area contributed by atoms with Gasteiger partial charge in [0.05, 0.1) is 24.1 Å². The summed E-state index contributed by atoms with van der Waals surface area (Å²) in [5, 5.41) is 2.72. The van der Waals surface area contributed by atoms with Crippen LogP contribution in [0.25, 0.3) is 0 Å². The van der Waals surface area contributed by atoms with Gasteiger partial charge in [-0.3, -0.25) is 9.10 Å². The fourth-order valence-electron chi connectivity index (χ4n) is 2.07. The number of carbonyl (C=O) groups excluding carboxylic acids is 1. The lowest BCUT2D eigenvalue weighted by Gasteiger charge is -2.22. The highest BCUT2D eigenvalue weighted by Crippen LogP contribution is 2.30. The van der Waals surface area contributed by atoms with Gasteiger partial charge in [0.2, 0.25) is 15.9 Å². The van der Waals surface area contributed by atoms with E-state index in [9.17, 15) is 17.6 Å². The Morgan fingerprint density at radius 1 is 1.24 bits per heavy atom. The van der Waals surface area contributed by atoms with Crippen LogP contribution in [0, 0.1) is 5.82 Å². The van der Waals surface area contributed by atoms with Crippen molar-refractivity contribution in [3.05, 3.63) is 53.3 Å². The van der Waals surface area contributed by atoms with Crippen molar-refractivity contribution in [2.45, 2.75) is 0 Å². The van der Waals surface area contributed by atoms with Crippen LogP contribution in [0.5, 0.6) is 5.75 Å². The first kappa shape index (κ1) is 19.0. The Labute approximate surface area is 150 Å². The second-order valence-electron chi connectivity index (χ2n) is 5.14. The minimum Gasteiger partial charge on any atom is -0.495 e. The molecule has 25 heavy (non-hydrogen) atoms. The maximum atomic E-state index is 12.9. The minimum absolute atomic E-state index is 0.215.